The summed E-state index contributed by atoms with van der Waals surface area (Å²) in [5.41, 5.74) is 2.46. The molecule has 0 spiro atoms. The molecule has 1 aliphatic rings. The van der Waals surface area contributed by atoms with Gasteiger partial charge in [-0.05, 0) is 30.4 Å². The maximum Gasteiger partial charge on any atom is 0.0802 e. The van der Waals surface area contributed by atoms with Crippen molar-refractivity contribution in [3.8, 4) is 0 Å². The molecule has 124 valence electrons. The highest BCUT2D eigenvalue weighted by Gasteiger charge is 2.13. The molecular weight excluding hydrogens is 272 g/mol. The van der Waals surface area contributed by atoms with E-state index in [1.54, 1.807) is 0 Å². The molecule has 0 amide bonds. The lowest BCUT2D eigenvalue weighted by Gasteiger charge is -2.28. The molecule has 2 rings (SSSR count). The Hall–Kier alpha value is -0.900. The molecule has 22 heavy (non-hydrogen) atoms. The van der Waals surface area contributed by atoms with E-state index in [0.29, 0.717) is 0 Å². The molecular formula is C19H32N2O. The molecule has 0 radical (unpaired) electrons. The van der Waals surface area contributed by atoms with Gasteiger partial charge in [-0.2, -0.15) is 0 Å². The number of hydrogen-bond acceptors (Lipinski definition) is 3. The van der Waals surface area contributed by atoms with Crippen LogP contribution in [0.1, 0.15) is 56.3 Å². The number of aryl methyl sites for hydroxylation is 1. The quantitative estimate of drug-likeness (QED) is 0.688. The van der Waals surface area contributed by atoms with Crippen molar-refractivity contribution in [3.63, 3.8) is 0 Å². The average molecular weight is 304 g/mol. The third-order valence-corrected chi connectivity index (χ3v) is 4.61. The fraction of sp³-hybridized carbons (Fsp3) is 0.684. The summed E-state index contributed by atoms with van der Waals surface area (Å²) in [7, 11) is 0. The summed E-state index contributed by atoms with van der Waals surface area (Å²) in [5, 5.41) is 13.7. The zero-order valence-corrected chi connectivity index (χ0v) is 14.1. The highest BCUT2D eigenvalue weighted by atomic mass is 16.3. The molecule has 1 atom stereocenters. The van der Waals surface area contributed by atoms with E-state index in [9.17, 15) is 5.11 Å². The summed E-state index contributed by atoms with van der Waals surface area (Å²) in [4.78, 5) is 2.43. The van der Waals surface area contributed by atoms with Crippen molar-refractivity contribution < 1.29 is 5.11 Å². The Labute approximate surface area is 135 Å². The lowest BCUT2D eigenvalue weighted by molar-refractivity contribution is 0.136. The number of nitrogens with zero attached hydrogens (tertiary/aromatic N) is 1. The standard InChI is InChI=1S/C19H32N2O/c1-2-3-4-5-6-17-7-9-18(10-8-17)19(22)11-14-21-15-12-20-13-16-21/h7-10,19-20,22H,2-6,11-16H2,1H3. The first kappa shape index (κ1) is 17.5. The molecule has 1 aromatic rings. The van der Waals surface area contributed by atoms with E-state index >= 15 is 0 Å². The Morgan fingerprint density at radius 3 is 2.50 bits per heavy atom. The normalized spacial score (nSPS) is 17.5. The number of aliphatic hydroxyl groups excluding tert-OH is 1. The van der Waals surface area contributed by atoms with Gasteiger partial charge < -0.3 is 15.3 Å². The summed E-state index contributed by atoms with van der Waals surface area (Å²) < 4.78 is 0. The van der Waals surface area contributed by atoms with Gasteiger partial charge >= 0.3 is 0 Å². The minimum Gasteiger partial charge on any atom is -0.388 e. The zero-order valence-electron chi connectivity index (χ0n) is 14.1. The SMILES string of the molecule is CCCCCCc1ccc(C(O)CCN2CCNCC2)cc1. The van der Waals surface area contributed by atoms with Crippen LogP contribution in [0.3, 0.4) is 0 Å². The molecule has 0 aliphatic carbocycles. The largest absolute Gasteiger partial charge is 0.388 e. The first-order chi connectivity index (χ1) is 10.8. The summed E-state index contributed by atoms with van der Waals surface area (Å²) in [6.45, 7) is 7.58. The number of piperazine rings is 1. The van der Waals surface area contributed by atoms with E-state index in [0.717, 1.165) is 51.1 Å². The average Bonchev–Trinajstić information content (AvgIpc) is 2.58. The van der Waals surface area contributed by atoms with Crippen LogP contribution in [0.15, 0.2) is 24.3 Å². The molecule has 1 aromatic carbocycles. The lowest BCUT2D eigenvalue weighted by Crippen LogP contribution is -2.44. The van der Waals surface area contributed by atoms with Crippen LogP contribution in [0.5, 0.6) is 0 Å². The summed E-state index contributed by atoms with van der Waals surface area (Å²) in [6.07, 6.45) is 6.89. The maximum atomic E-state index is 10.3. The molecule has 1 aliphatic heterocycles. The van der Waals surface area contributed by atoms with Crippen LogP contribution in [0, 0.1) is 0 Å². The first-order valence-corrected chi connectivity index (χ1v) is 8.99. The molecule has 0 aromatic heterocycles. The monoisotopic (exact) mass is 304 g/mol. The predicted molar refractivity (Wildman–Crippen MR) is 93.2 cm³/mol. The van der Waals surface area contributed by atoms with E-state index in [2.05, 4.69) is 41.4 Å². The number of nitrogens with one attached hydrogen (secondary N) is 1. The smallest absolute Gasteiger partial charge is 0.0802 e. The zero-order chi connectivity index (χ0) is 15.6. The minimum absolute atomic E-state index is 0.330. The van der Waals surface area contributed by atoms with Gasteiger partial charge in [0.2, 0.25) is 0 Å². The Bertz CT molecular complexity index is 398. The molecule has 1 saturated heterocycles. The van der Waals surface area contributed by atoms with Crippen LogP contribution in [0.4, 0.5) is 0 Å². The van der Waals surface area contributed by atoms with Crippen LogP contribution < -0.4 is 5.32 Å². The highest BCUT2D eigenvalue weighted by Crippen LogP contribution is 2.19. The Morgan fingerprint density at radius 2 is 1.82 bits per heavy atom. The third kappa shape index (κ3) is 6.07. The van der Waals surface area contributed by atoms with Crippen molar-refractivity contribution in [2.24, 2.45) is 0 Å². The molecule has 1 heterocycles. The van der Waals surface area contributed by atoms with Gasteiger partial charge in [-0.15, -0.1) is 0 Å². The third-order valence-electron chi connectivity index (χ3n) is 4.61. The Kier molecular flexibility index (Phi) is 7.92. The van der Waals surface area contributed by atoms with Crippen LogP contribution in [0.2, 0.25) is 0 Å². The van der Waals surface area contributed by atoms with E-state index in [1.807, 2.05) is 0 Å². The van der Waals surface area contributed by atoms with Crippen molar-refractivity contribution >= 4 is 0 Å². The second-order valence-electron chi connectivity index (χ2n) is 6.45. The first-order valence-electron chi connectivity index (χ1n) is 8.99. The van der Waals surface area contributed by atoms with E-state index < -0.39 is 0 Å². The van der Waals surface area contributed by atoms with Crippen molar-refractivity contribution in [1.29, 1.82) is 0 Å². The van der Waals surface area contributed by atoms with Gasteiger partial charge in [0.05, 0.1) is 6.10 Å². The van der Waals surface area contributed by atoms with E-state index in [1.165, 1.54) is 31.2 Å². The molecule has 1 fully saturated rings. The topological polar surface area (TPSA) is 35.5 Å². The number of rotatable bonds is 9. The second-order valence-corrected chi connectivity index (χ2v) is 6.45. The number of unbranched alkanes of at least 4 members (excludes halogenated alkanes) is 3. The van der Waals surface area contributed by atoms with Gasteiger partial charge in [-0.1, -0.05) is 50.5 Å². The van der Waals surface area contributed by atoms with Crippen molar-refractivity contribution in [1.82, 2.24) is 10.2 Å². The van der Waals surface area contributed by atoms with Crippen molar-refractivity contribution in [3.05, 3.63) is 35.4 Å². The predicted octanol–water partition coefficient (Wildman–Crippen LogP) is 3.14. The Morgan fingerprint density at radius 1 is 1.09 bits per heavy atom. The van der Waals surface area contributed by atoms with Gasteiger partial charge in [-0.25, -0.2) is 0 Å². The van der Waals surface area contributed by atoms with Gasteiger partial charge in [0.25, 0.3) is 0 Å². The maximum absolute atomic E-state index is 10.3. The second kappa shape index (κ2) is 9.98. The lowest BCUT2D eigenvalue weighted by atomic mass is 10.0. The number of benzene rings is 1. The molecule has 0 saturated carbocycles. The minimum atomic E-state index is -0.330. The summed E-state index contributed by atoms with van der Waals surface area (Å²) in [5.74, 6) is 0. The fourth-order valence-electron chi connectivity index (χ4n) is 3.07. The van der Waals surface area contributed by atoms with Crippen molar-refractivity contribution in [2.45, 2.75) is 51.6 Å². The van der Waals surface area contributed by atoms with Crippen LogP contribution in [0.25, 0.3) is 0 Å². The number of hydrogen-bond donors (Lipinski definition) is 2. The van der Waals surface area contributed by atoms with Gasteiger partial charge in [0.15, 0.2) is 0 Å². The highest BCUT2D eigenvalue weighted by molar-refractivity contribution is 5.24. The van der Waals surface area contributed by atoms with Gasteiger partial charge in [0.1, 0.15) is 0 Å². The molecule has 3 heteroatoms. The van der Waals surface area contributed by atoms with Crippen molar-refractivity contribution in [2.75, 3.05) is 32.7 Å². The molecule has 0 bridgehead atoms. The van der Waals surface area contributed by atoms with E-state index in [-0.39, 0.29) is 6.10 Å². The fourth-order valence-corrected chi connectivity index (χ4v) is 3.07. The van der Waals surface area contributed by atoms with Gasteiger partial charge in [-0.3, -0.25) is 0 Å². The van der Waals surface area contributed by atoms with Crippen LogP contribution in [-0.4, -0.2) is 42.7 Å². The molecule has 2 N–H and O–H groups in total. The molecule has 1 unspecified atom stereocenters. The summed E-state index contributed by atoms with van der Waals surface area (Å²) in [6, 6.07) is 8.60. The van der Waals surface area contributed by atoms with Gasteiger partial charge in [0, 0.05) is 32.7 Å². The van der Waals surface area contributed by atoms with Crippen LogP contribution >= 0.6 is 0 Å². The van der Waals surface area contributed by atoms with Crippen LogP contribution in [-0.2, 0) is 6.42 Å². The summed E-state index contributed by atoms with van der Waals surface area (Å²) >= 11 is 0. The van der Waals surface area contributed by atoms with E-state index in [4.69, 9.17) is 0 Å². The number of aliphatic hydroxyl groups is 1. The molecule has 3 nitrogen and oxygen atoms in total. The Balaban J connectivity index is 1.71.